The Morgan fingerprint density at radius 2 is 1.63 bits per heavy atom. The van der Waals surface area contributed by atoms with Gasteiger partial charge in [-0.1, -0.05) is 0 Å². The summed E-state index contributed by atoms with van der Waals surface area (Å²) in [7, 11) is 5.91. The second kappa shape index (κ2) is 10.0. The molecular weight excluding hydrogens is 630 g/mol. The monoisotopic (exact) mass is 661 g/mol. The number of hydrogen-bond acceptors (Lipinski definition) is 8. The summed E-state index contributed by atoms with van der Waals surface area (Å²) in [4.78, 5) is 66.6. The number of allylic oxidation sites excluding steroid dienone is 2. The molecule has 3 aromatic heterocycles. The van der Waals surface area contributed by atoms with Crippen LogP contribution in [0.1, 0.15) is 59.5 Å². The number of aromatic amines is 3. The highest BCUT2D eigenvalue weighted by Crippen LogP contribution is 2.67. The van der Waals surface area contributed by atoms with Crippen LogP contribution in [0.3, 0.4) is 0 Å². The number of nitrogens with zero attached hydrogens (tertiary/aromatic N) is 2. The smallest absolute Gasteiger partial charge is 0.354 e. The molecule has 5 aromatic rings. The van der Waals surface area contributed by atoms with Crippen molar-refractivity contribution >= 4 is 51.1 Å². The van der Waals surface area contributed by atoms with Gasteiger partial charge in [-0.25, -0.2) is 4.79 Å². The summed E-state index contributed by atoms with van der Waals surface area (Å²) in [6, 6.07) is 10.8. The zero-order valence-corrected chi connectivity index (χ0v) is 27.1. The summed E-state index contributed by atoms with van der Waals surface area (Å²) in [5, 5.41) is 1.58. The predicted molar refractivity (Wildman–Crippen MR) is 177 cm³/mol. The van der Waals surface area contributed by atoms with Crippen molar-refractivity contribution in [2.45, 2.75) is 18.3 Å². The van der Waals surface area contributed by atoms with Crippen LogP contribution in [-0.2, 0) is 16.6 Å². The van der Waals surface area contributed by atoms with E-state index in [1.165, 1.54) is 28.4 Å². The average molecular weight is 662 g/mol. The van der Waals surface area contributed by atoms with Crippen LogP contribution in [0, 0.1) is 5.92 Å². The number of ketones is 1. The lowest BCUT2D eigenvalue weighted by molar-refractivity contribution is 0.0594. The van der Waals surface area contributed by atoms with Crippen molar-refractivity contribution in [3.63, 3.8) is 0 Å². The maximum absolute atomic E-state index is 14.1. The molecule has 4 aliphatic rings. The Balaban J connectivity index is 1.02. The van der Waals surface area contributed by atoms with E-state index < -0.39 is 11.4 Å². The first kappa shape index (κ1) is 29.2. The third kappa shape index (κ3) is 3.80. The number of amides is 2. The van der Waals surface area contributed by atoms with Crippen LogP contribution in [0.4, 0.5) is 5.69 Å². The van der Waals surface area contributed by atoms with Crippen molar-refractivity contribution < 1.29 is 38.1 Å². The number of esters is 1. The number of benzene rings is 2. The number of likely N-dealkylation sites (tertiary alicyclic amines) is 1. The van der Waals surface area contributed by atoms with E-state index in [1.807, 2.05) is 12.1 Å². The number of rotatable bonds is 6. The first-order chi connectivity index (χ1) is 23.7. The quantitative estimate of drug-likeness (QED) is 0.225. The minimum atomic E-state index is -0.519. The van der Waals surface area contributed by atoms with E-state index in [4.69, 9.17) is 18.9 Å². The molecule has 1 saturated heterocycles. The highest BCUT2D eigenvalue weighted by Gasteiger charge is 2.68. The number of carbonyl (C=O) groups is 4. The Morgan fingerprint density at radius 3 is 2.39 bits per heavy atom. The minimum Gasteiger partial charge on any atom is -0.493 e. The third-order valence-corrected chi connectivity index (χ3v) is 10.6. The molecule has 9 rings (SSSR count). The van der Waals surface area contributed by atoms with Crippen LogP contribution in [-0.4, -0.2) is 84.9 Å². The fraction of sp³-hybridized carbons (Fsp3) is 0.278. The molecule has 1 saturated carbocycles. The number of carbonyl (C=O) groups excluding carboxylic acids is 4. The van der Waals surface area contributed by atoms with Gasteiger partial charge in [0.05, 0.1) is 39.6 Å². The van der Waals surface area contributed by atoms with Crippen LogP contribution in [0.25, 0.3) is 21.8 Å². The molecule has 2 atom stereocenters. The van der Waals surface area contributed by atoms with E-state index in [1.54, 1.807) is 40.1 Å². The van der Waals surface area contributed by atoms with Crippen molar-refractivity contribution in [2.75, 3.05) is 46.4 Å². The molecule has 1 spiro atoms. The van der Waals surface area contributed by atoms with Crippen molar-refractivity contribution in [1.29, 1.82) is 0 Å². The molecule has 13 nitrogen and oxygen atoms in total. The fourth-order valence-electron chi connectivity index (χ4n) is 8.30. The molecule has 248 valence electrons. The number of H-pyrrole nitrogens is 3. The van der Waals surface area contributed by atoms with Gasteiger partial charge >= 0.3 is 5.97 Å². The van der Waals surface area contributed by atoms with Crippen LogP contribution in [0.15, 0.2) is 48.2 Å². The van der Waals surface area contributed by atoms with Crippen LogP contribution >= 0.6 is 0 Å². The Bertz CT molecular complexity index is 2360. The van der Waals surface area contributed by atoms with E-state index in [9.17, 15) is 19.2 Å². The number of nitrogens with one attached hydrogen (secondary N) is 3. The summed E-state index contributed by atoms with van der Waals surface area (Å²) in [6.07, 6.45) is 2.94. The lowest BCUT2D eigenvalue weighted by atomic mass is 9.85. The van der Waals surface area contributed by atoms with Crippen molar-refractivity contribution in [3.8, 4) is 17.2 Å². The Morgan fingerprint density at radius 1 is 0.857 bits per heavy atom. The van der Waals surface area contributed by atoms with Crippen LogP contribution < -0.4 is 19.1 Å². The topological polar surface area (TPSA) is 159 Å². The first-order valence-corrected chi connectivity index (χ1v) is 15.9. The molecule has 49 heavy (non-hydrogen) atoms. The van der Waals surface area contributed by atoms with Gasteiger partial charge in [-0.05, 0) is 66.3 Å². The van der Waals surface area contributed by atoms with Gasteiger partial charge in [0.15, 0.2) is 11.5 Å². The number of ether oxygens (including phenoxy) is 4. The molecule has 0 unspecified atom stereocenters. The number of fused-ring (bicyclic) bond motifs is 5. The number of hydrogen-bond donors (Lipinski definition) is 3. The van der Waals surface area contributed by atoms with Crippen LogP contribution in [0.5, 0.6) is 17.2 Å². The second-order valence-corrected chi connectivity index (χ2v) is 12.9. The molecule has 2 fully saturated rings. The van der Waals surface area contributed by atoms with Gasteiger partial charge in [0, 0.05) is 52.3 Å². The summed E-state index contributed by atoms with van der Waals surface area (Å²) in [6.45, 7) is 0.904. The Kier molecular flexibility index (Phi) is 5.96. The molecule has 2 amide bonds. The van der Waals surface area contributed by atoms with Crippen molar-refractivity contribution in [1.82, 2.24) is 19.9 Å². The molecule has 2 aliphatic heterocycles. The highest BCUT2D eigenvalue weighted by atomic mass is 16.5. The van der Waals surface area contributed by atoms with E-state index >= 15 is 0 Å². The molecular formula is C36H31N5O8. The zero-order valence-electron chi connectivity index (χ0n) is 27.1. The third-order valence-electron chi connectivity index (χ3n) is 10.6. The summed E-state index contributed by atoms with van der Waals surface area (Å²) in [5.41, 5.74) is 5.40. The summed E-state index contributed by atoms with van der Waals surface area (Å²) in [5.74, 6) is 0.166. The van der Waals surface area contributed by atoms with Gasteiger partial charge < -0.3 is 43.7 Å². The Hall–Kier alpha value is -5.98. The maximum atomic E-state index is 14.1. The molecule has 0 radical (unpaired) electrons. The fourth-order valence-corrected chi connectivity index (χ4v) is 8.30. The van der Waals surface area contributed by atoms with Crippen molar-refractivity contribution in [2.24, 2.45) is 5.92 Å². The molecule has 13 heteroatoms. The minimum absolute atomic E-state index is 0.116. The average Bonchev–Trinajstić information content (AvgIpc) is 3.75. The molecule has 0 bridgehead atoms. The molecule has 2 aliphatic carbocycles. The van der Waals surface area contributed by atoms with Gasteiger partial charge in [0.25, 0.3) is 11.8 Å². The molecule has 3 N–H and O–H groups in total. The highest BCUT2D eigenvalue weighted by molar-refractivity contribution is 6.13. The normalized spacial score (nSPS) is 20.1. The van der Waals surface area contributed by atoms with Gasteiger partial charge in [-0.2, -0.15) is 0 Å². The number of aromatic nitrogens is 3. The van der Waals surface area contributed by atoms with E-state index in [0.717, 1.165) is 34.1 Å². The summed E-state index contributed by atoms with van der Waals surface area (Å²) < 4.78 is 21.5. The number of anilines is 1. The predicted octanol–water partition coefficient (Wildman–Crippen LogP) is 4.49. The standard InChI is InChI=1S/C36H31N5O8/c1-46-27-10-16-9-22(38-29(16)32(48-3)31(27)47-2)34(44)41-15-17-14-36(17)20-12-23(39-30(20)26(42)13-28(36)41)33(43)40-8-7-18-19-11-24(35(45)49-4)37-21(19)5-6-25(18)40/h5-6,9-13,17,37-39H,7-8,14-15H2,1-4H3/t17-,36-/m1/s1. The maximum Gasteiger partial charge on any atom is 0.354 e. The van der Waals surface area contributed by atoms with E-state index in [-0.39, 0.29) is 23.5 Å². The second-order valence-electron chi connectivity index (χ2n) is 12.9. The summed E-state index contributed by atoms with van der Waals surface area (Å²) >= 11 is 0. The lowest BCUT2D eigenvalue weighted by Gasteiger charge is -2.27. The SMILES string of the molecule is COC(=O)c1cc2c3c(ccc2[nH]1)N(C(=O)c1cc2c([nH]1)C(=O)C=C1N(C(=O)c4cc5cc(OC)c(OC)c(OC)c5[nH]4)C[C@H]4C[C@]124)CC3. The lowest BCUT2D eigenvalue weighted by Crippen LogP contribution is -2.33. The van der Waals surface area contributed by atoms with Gasteiger partial charge in [-0.15, -0.1) is 0 Å². The molecule has 5 heterocycles. The molecule has 2 aromatic carbocycles. The van der Waals surface area contributed by atoms with Crippen molar-refractivity contribution in [3.05, 3.63) is 82.1 Å². The number of methoxy groups -OCH3 is 4. The largest absolute Gasteiger partial charge is 0.493 e. The van der Waals surface area contributed by atoms with E-state index in [0.29, 0.717) is 76.1 Å². The van der Waals surface area contributed by atoms with Crippen LogP contribution in [0.2, 0.25) is 0 Å². The Labute approximate surface area is 278 Å². The van der Waals surface area contributed by atoms with E-state index in [2.05, 4.69) is 15.0 Å². The van der Waals surface area contributed by atoms with Gasteiger partial charge in [0.1, 0.15) is 17.1 Å². The van der Waals surface area contributed by atoms with Gasteiger partial charge in [0.2, 0.25) is 11.5 Å². The first-order valence-electron chi connectivity index (χ1n) is 15.9. The zero-order chi connectivity index (χ0) is 33.9. The number of piperidine rings is 1. The van der Waals surface area contributed by atoms with Gasteiger partial charge in [-0.3, -0.25) is 14.4 Å².